The van der Waals surface area contributed by atoms with Gasteiger partial charge in [-0.05, 0) is 24.7 Å². The molecule has 74 valence electrons. The molecule has 1 fully saturated rings. The molecule has 0 bridgehead atoms. The number of nitrogens with zero attached hydrogens (tertiary/aromatic N) is 1. The minimum Gasteiger partial charge on any atom is -0.365 e. The van der Waals surface area contributed by atoms with Crippen molar-refractivity contribution < 1.29 is 0 Å². The summed E-state index contributed by atoms with van der Waals surface area (Å²) in [6, 6.07) is 0. The zero-order valence-electron chi connectivity index (χ0n) is 8.42. The summed E-state index contributed by atoms with van der Waals surface area (Å²) in [4.78, 5) is 4.44. The third kappa shape index (κ3) is 2.63. The van der Waals surface area contributed by atoms with Gasteiger partial charge in [-0.3, -0.25) is 4.99 Å². The van der Waals surface area contributed by atoms with Crippen LogP contribution in [0.3, 0.4) is 0 Å². The van der Waals surface area contributed by atoms with E-state index in [0.29, 0.717) is 5.25 Å². The molecule has 1 N–H and O–H groups in total. The summed E-state index contributed by atoms with van der Waals surface area (Å²) in [5.74, 6) is 1.83. The number of nitrogens with one attached hydrogen (secondary N) is 1. The summed E-state index contributed by atoms with van der Waals surface area (Å²) in [5.41, 5.74) is 0. The molecule has 2 atom stereocenters. The number of hydrogen-bond donors (Lipinski definition) is 1. The van der Waals surface area contributed by atoms with Crippen molar-refractivity contribution in [2.45, 2.75) is 31.9 Å². The van der Waals surface area contributed by atoms with Crippen LogP contribution in [-0.2, 0) is 0 Å². The summed E-state index contributed by atoms with van der Waals surface area (Å²) in [6.07, 6.45) is 2.89. The second-order valence-corrected chi connectivity index (χ2v) is 5.70. The van der Waals surface area contributed by atoms with Crippen molar-refractivity contribution in [3.8, 4) is 0 Å². The molecule has 0 radical (unpaired) electrons. The molecule has 2 rings (SSSR count). The van der Waals surface area contributed by atoms with Crippen molar-refractivity contribution in [3.63, 3.8) is 0 Å². The first-order valence-electron chi connectivity index (χ1n) is 5.20. The molecule has 2 aliphatic rings. The van der Waals surface area contributed by atoms with Crippen molar-refractivity contribution in [1.82, 2.24) is 5.32 Å². The van der Waals surface area contributed by atoms with Crippen molar-refractivity contribution in [3.05, 3.63) is 0 Å². The highest BCUT2D eigenvalue weighted by atomic mass is 32.2. The molecule has 0 saturated heterocycles. The molecular weight excluding hydrogens is 180 g/mol. The third-order valence-corrected chi connectivity index (χ3v) is 3.85. The maximum Gasteiger partial charge on any atom is 0.156 e. The standard InChI is InChI=1S/C10H18N2S/c1-7(9-3-4-9)5-11-10-12-6-8(2)13-10/h7-9H,3-6H2,1-2H3,(H,11,12). The van der Waals surface area contributed by atoms with Gasteiger partial charge in [0.1, 0.15) is 0 Å². The van der Waals surface area contributed by atoms with E-state index >= 15 is 0 Å². The number of hydrogen-bond acceptors (Lipinski definition) is 3. The summed E-state index contributed by atoms with van der Waals surface area (Å²) in [5, 5.41) is 5.29. The lowest BCUT2D eigenvalue weighted by atomic mass is 10.1. The molecule has 0 spiro atoms. The van der Waals surface area contributed by atoms with Crippen LogP contribution in [0.1, 0.15) is 26.7 Å². The zero-order chi connectivity index (χ0) is 9.26. The average molecular weight is 198 g/mol. The number of rotatable bonds is 3. The van der Waals surface area contributed by atoms with Gasteiger partial charge < -0.3 is 5.32 Å². The predicted octanol–water partition coefficient (Wildman–Crippen LogP) is 2.11. The van der Waals surface area contributed by atoms with Crippen LogP contribution in [0.5, 0.6) is 0 Å². The Hall–Kier alpha value is -0.180. The van der Waals surface area contributed by atoms with Gasteiger partial charge in [0.15, 0.2) is 5.17 Å². The fourth-order valence-electron chi connectivity index (χ4n) is 1.65. The second-order valence-electron chi connectivity index (χ2n) is 4.27. The maximum absolute atomic E-state index is 4.44. The molecule has 0 aromatic rings. The Morgan fingerprint density at radius 1 is 1.62 bits per heavy atom. The van der Waals surface area contributed by atoms with Crippen molar-refractivity contribution in [2.24, 2.45) is 16.8 Å². The Balaban J connectivity index is 1.67. The van der Waals surface area contributed by atoms with Crippen LogP contribution >= 0.6 is 11.8 Å². The van der Waals surface area contributed by atoms with E-state index in [9.17, 15) is 0 Å². The number of amidine groups is 1. The van der Waals surface area contributed by atoms with Gasteiger partial charge in [0.05, 0.1) is 6.54 Å². The monoisotopic (exact) mass is 198 g/mol. The fraction of sp³-hybridized carbons (Fsp3) is 0.900. The van der Waals surface area contributed by atoms with Crippen LogP contribution in [-0.4, -0.2) is 23.5 Å². The van der Waals surface area contributed by atoms with Crippen LogP contribution < -0.4 is 5.32 Å². The summed E-state index contributed by atoms with van der Waals surface area (Å²) in [7, 11) is 0. The highest BCUT2D eigenvalue weighted by molar-refractivity contribution is 8.14. The number of aliphatic imine (C=N–C) groups is 1. The van der Waals surface area contributed by atoms with Gasteiger partial charge >= 0.3 is 0 Å². The molecule has 1 heterocycles. The fourth-order valence-corrected chi connectivity index (χ4v) is 2.50. The van der Waals surface area contributed by atoms with E-state index in [1.54, 1.807) is 0 Å². The van der Waals surface area contributed by atoms with E-state index in [0.717, 1.165) is 24.9 Å². The topological polar surface area (TPSA) is 24.4 Å². The summed E-state index contributed by atoms with van der Waals surface area (Å²) >= 11 is 1.88. The van der Waals surface area contributed by atoms with Gasteiger partial charge in [-0.1, -0.05) is 25.6 Å². The second kappa shape index (κ2) is 3.91. The first-order chi connectivity index (χ1) is 6.25. The normalized spacial score (nSPS) is 30.0. The Labute approximate surface area is 84.6 Å². The molecule has 3 heteroatoms. The van der Waals surface area contributed by atoms with Crippen molar-refractivity contribution >= 4 is 16.9 Å². The van der Waals surface area contributed by atoms with Crippen LogP contribution in [0.15, 0.2) is 4.99 Å². The Bertz CT molecular complexity index is 211. The van der Waals surface area contributed by atoms with Crippen LogP contribution in [0.2, 0.25) is 0 Å². The lowest BCUT2D eigenvalue weighted by Crippen LogP contribution is -2.26. The molecule has 13 heavy (non-hydrogen) atoms. The first-order valence-corrected chi connectivity index (χ1v) is 6.08. The Morgan fingerprint density at radius 2 is 2.38 bits per heavy atom. The number of thioether (sulfide) groups is 1. The quantitative estimate of drug-likeness (QED) is 0.751. The SMILES string of the molecule is CC1CN=C(NCC(C)C2CC2)S1. The largest absolute Gasteiger partial charge is 0.365 e. The molecule has 0 aromatic heterocycles. The lowest BCUT2D eigenvalue weighted by Gasteiger charge is -2.11. The molecule has 1 saturated carbocycles. The van der Waals surface area contributed by atoms with Gasteiger partial charge in [-0.15, -0.1) is 0 Å². The van der Waals surface area contributed by atoms with E-state index in [-0.39, 0.29) is 0 Å². The Morgan fingerprint density at radius 3 is 2.92 bits per heavy atom. The Kier molecular flexibility index (Phi) is 2.82. The molecule has 2 nitrogen and oxygen atoms in total. The van der Waals surface area contributed by atoms with E-state index in [4.69, 9.17) is 0 Å². The van der Waals surface area contributed by atoms with Crippen LogP contribution in [0, 0.1) is 11.8 Å². The molecular formula is C10H18N2S. The smallest absolute Gasteiger partial charge is 0.156 e. The minimum absolute atomic E-state index is 0.679. The van der Waals surface area contributed by atoms with E-state index < -0.39 is 0 Å². The van der Waals surface area contributed by atoms with E-state index in [1.165, 1.54) is 18.0 Å². The highest BCUT2D eigenvalue weighted by Crippen LogP contribution is 2.36. The highest BCUT2D eigenvalue weighted by Gasteiger charge is 2.28. The average Bonchev–Trinajstić information content (AvgIpc) is 2.87. The summed E-state index contributed by atoms with van der Waals surface area (Å²) < 4.78 is 0. The van der Waals surface area contributed by atoms with Crippen molar-refractivity contribution in [2.75, 3.05) is 13.1 Å². The van der Waals surface area contributed by atoms with Gasteiger partial charge in [-0.25, -0.2) is 0 Å². The lowest BCUT2D eigenvalue weighted by molar-refractivity contribution is 0.501. The summed E-state index contributed by atoms with van der Waals surface area (Å²) in [6.45, 7) is 6.68. The molecule has 2 unspecified atom stereocenters. The molecule has 1 aliphatic heterocycles. The van der Waals surface area contributed by atoms with Gasteiger partial charge in [0, 0.05) is 11.8 Å². The molecule has 0 aromatic carbocycles. The third-order valence-electron chi connectivity index (χ3n) is 2.81. The van der Waals surface area contributed by atoms with E-state index in [1.807, 2.05) is 11.8 Å². The maximum atomic E-state index is 4.44. The predicted molar refractivity (Wildman–Crippen MR) is 59.2 cm³/mol. The van der Waals surface area contributed by atoms with Gasteiger partial charge in [0.2, 0.25) is 0 Å². The first kappa shape index (κ1) is 9.38. The van der Waals surface area contributed by atoms with Crippen LogP contribution in [0.25, 0.3) is 0 Å². The molecule has 1 aliphatic carbocycles. The zero-order valence-corrected chi connectivity index (χ0v) is 9.23. The van der Waals surface area contributed by atoms with Gasteiger partial charge in [-0.2, -0.15) is 0 Å². The molecule has 0 amide bonds. The minimum atomic E-state index is 0.679. The van der Waals surface area contributed by atoms with Crippen molar-refractivity contribution in [1.29, 1.82) is 0 Å². The van der Waals surface area contributed by atoms with Gasteiger partial charge in [0.25, 0.3) is 0 Å². The van der Waals surface area contributed by atoms with Crippen LogP contribution in [0.4, 0.5) is 0 Å². The van der Waals surface area contributed by atoms with E-state index in [2.05, 4.69) is 24.2 Å².